The van der Waals surface area contributed by atoms with Crippen LogP contribution in [0.25, 0.3) is 11.1 Å². The van der Waals surface area contributed by atoms with Gasteiger partial charge in [0.25, 0.3) is 0 Å². The number of likely N-dealkylation sites (N-methyl/N-ethyl adjacent to an activating group) is 1. The first kappa shape index (κ1) is 31.6. The fourth-order valence-corrected chi connectivity index (χ4v) is 5.15. The monoisotopic (exact) mass is 586 g/mol. The van der Waals surface area contributed by atoms with Crippen LogP contribution in [0, 0.1) is 0 Å². The van der Waals surface area contributed by atoms with Crippen LogP contribution in [0.5, 0.6) is 0 Å². The number of piperidine rings is 1. The quantitative estimate of drug-likeness (QED) is 0.193. The Morgan fingerprint density at radius 2 is 1.60 bits per heavy atom. The lowest BCUT2D eigenvalue weighted by molar-refractivity contribution is -0.130. The van der Waals surface area contributed by atoms with Crippen LogP contribution in [0.15, 0.2) is 78.9 Å². The number of carboxylic acid groups (broad SMARTS) is 1. The molecule has 0 aromatic heterocycles. The van der Waals surface area contributed by atoms with Crippen molar-refractivity contribution >= 4 is 29.3 Å². The van der Waals surface area contributed by atoms with Crippen molar-refractivity contribution in [3.63, 3.8) is 0 Å². The van der Waals surface area contributed by atoms with E-state index in [2.05, 4.69) is 15.5 Å². The number of amides is 2. The number of para-hydroxylation sites is 1. The van der Waals surface area contributed by atoms with E-state index in [1.807, 2.05) is 66.5 Å². The Balaban J connectivity index is 1.06. The lowest BCUT2D eigenvalue weighted by Gasteiger charge is -2.32. The van der Waals surface area contributed by atoms with Crippen molar-refractivity contribution in [2.75, 3.05) is 50.4 Å². The molecule has 4 rings (SSSR count). The fraction of sp³-hybridized carbons (Fsp3) is 0.382. The zero-order valence-electron chi connectivity index (χ0n) is 24.8. The average molecular weight is 587 g/mol. The zero-order valence-corrected chi connectivity index (χ0v) is 24.8. The number of nitrogens with zero attached hydrogens (tertiary/aromatic N) is 2. The average Bonchev–Trinajstić information content (AvgIpc) is 3.03. The molecule has 0 aliphatic carbocycles. The number of aromatic carboxylic acids is 1. The number of likely N-dealkylation sites (tertiary alicyclic amines) is 1. The number of ether oxygens (including phenoxy) is 1. The molecule has 0 unspecified atom stereocenters. The first-order valence-corrected chi connectivity index (χ1v) is 15.0. The van der Waals surface area contributed by atoms with Crippen molar-refractivity contribution < 1.29 is 24.2 Å². The van der Waals surface area contributed by atoms with Gasteiger partial charge in [-0.05, 0) is 61.6 Å². The number of hydrogen-bond donors (Lipinski definition) is 3. The second kappa shape index (κ2) is 16.3. The van der Waals surface area contributed by atoms with Crippen LogP contribution in [0.1, 0.15) is 48.9 Å². The third-order valence-corrected chi connectivity index (χ3v) is 7.76. The van der Waals surface area contributed by atoms with Crippen molar-refractivity contribution in [2.45, 2.75) is 44.6 Å². The Morgan fingerprint density at radius 3 is 2.33 bits per heavy atom. The number of carbonyl (C=O) groups is 3. The molecule has 1 fully saturated rings. The van der Waals surface area contributed by atoms with Gasteiger partial charge in [0.05, 0.1) is 11.3 Å². The molecule has 3 aromatic rings. The van der Waals surface area contributed by atoms with Gasteiger partial charge in [0.1, 0.15) is 6.10 Å². The second-order valence-electron chi connectivity index (χ2n) is 10.9. The van der Waals surface area contributed by atoms with Gasteiger partial charge in [-0.1, -0.05) is 55.0 Å². The summed E-state index contributed by atoms with van der Waals surface area (Å²) in [6.07, 6.45) is 4.22. The lowest BCUT2D eigenvalue weighted by Crippen LogP contribution is -2.42. The molecular weight excluding hydrogens is 544 g/mol. The maximum atomic E-state index is 12.7. The molecule has 2 amide bonds. The van der Waals surface area contributed by atoms with E-state index >= 15 is 0 Å². The highest BCUT2D eigenvalue weighted by atomic mass is 16.6. The molecule has 0 bridgehead atoms. The van der Waals surface area contributed by atoms with Gasteiger partial charge in [-0.25, -0.2) is 9.59 Å². The Kier molecular flexibility index (Phi) is 12.0. The standard InChI is InChI=1S/C34H42N4O5/c1-37(32(39)14-6-3-9-21-35-28-17-15-27(16-18-28)33(40)41)24-25-38-22-19-29(20-23-38)43-34(42)36-31-13-8-7-12-30(31)26-10-4-2-5-11-26/h2,4-5,7-8,10-13,15-18,29,35H,3,6,9,14,19-25H2,1H3,(H,36,42)(H,40,41). The van der Waals surface area contributed by atoms with Gasteiger partial charge in [-0.15, -0.1) is 0 Å². The summed E-state index contributed by atoms with van der Waals surface area (Å²) in [6.45, 7) is 3.91. The van der Waals surface area contributed by atoms with Crippen molar-refractivity contribution in [1.29, 1.82) is 0 Å². The number of carbonyl (C=O) groups excluding carboxylic acids is 2. The van der Waals surface area contributed by atoms with Crippen LogP contribution in [0.4, 0.5) is 16.2 Å². The lowest BCUT2D eigenvalue weighted by atomic mass is 10.0. The molecule has 0 radical (unpaired) electrons. The normalized spacial score (nSPS) is 13.7. The van der Waals surface area contributed by atoms with Gasteiger partial charge in [-0.2, -0.15) is 0 Å². The zero-order chi connectivity index (χ0) is 30.4. The number of hydrogen-bond acceptors (Lipinski definition) is 6. The summed E-state index contributed by atoms with van der Waals surface area (Å²) in [5, 5.41) is 15.2. The first-order valence-electron chi connectivity index (χ1n) is 15.0. The number of unbranched alkanes of at least 4 members (excludes halogenated alkanes) is 2. The summed E-state index contributed by atoms with van der Waals surface area (Å²) in [5.74, 6) is -0.776. The SMILES string of the molecule is CN(CCN1CCC(OC(=O)Nc2ccccc2-c2ccccc2)CC1)C(=O)CCCCCNc1ccc(C(=O)O)cc1. The van der Waals surface area contributed by atoms with Crippen molar-refractivity contribution in [2.24, 2.45) is 0 Å². The van der Waals surface area contributed by atoms with Gasteiger partial charge in [0.15, 0.2) is 0 Å². The summed E-state index contributed by atoms with van der Waals surface area (Å²) in [5.41, 5.74) is 3.88. The fourth-order valence-electron chi connectivity index (χ4n) is 5.15. The minimum absolute atomic E-state index is 0.127. The third kappa shape index (κ3) is 10.1. The summed E-state index contributed by atoms with van der Waals surface area (Å²) in [7, 11) is 1.86. The largest absolute Gasteiger partial charge is 0.478 e. The molecule has 43 heavy (non-hydrogen) atoms. The molecule has 1 saturated heterocycles. The topological polar surface area (TPSA) is 111 Å². The van der Waals surface area contributed by atoms with Crippen molar-refractivity contribution in [3.8, 4) is 11.1 Å². The summed E-state index contributed by atoms with van der Waals surface area (Å²) >= 11 is 0. The summed E-state index contributed by atoms with van der Waals surface area (Å²) in [6, 6.07) is 24.4. The number of rotatable bonds is 14. The van der Waals surface area contributed by atoms with Gasteiger partial charge in [0.2, 0.25) is 5.91 Å². The molecule has 228 valence electrons. The highest BCUT2D eigenvalue weighted by Gasteiger charge is 2.23. The molecule has 3 aromatic carbocycles. The van der Waals surface area contributed by atoms with Crippen LogP contribution in [0.3, 0.4) is 0 Å². The smallest absolute Gasteiger partial charge is 0.411 e. The van der Waals surface area contributed by atoms with Crippen molar-refractivity contribution in [1.82, 2.24) is 9.80 Å². The highest BCUT2D eigenvalue weighted by molar-refractivity contribution is 5.91. The third-order valence-electron chi connectivity index (χ3n) is 7.76. The number of benzene rings is 3. The molecule has 9 heteroatoms. The van der Waals surface area contributed by atoms with Crippen LogP contribution >= 0.6 is 0 Å². The Bertz CT molecular complexity index is 1320. The van der Waals surface area contributed by atoms with Gasteiger partial charge in [-0.3, -0.25) is 10.1 Å². The van der Waals surface area contributed by atoms with Crippen molar-refractivity contribution in [3.05, 3.63) is 84.4 Å². The van der Waals surface area contributed by atoms with E-state index in [4.69, 9.17) is 9.84 Å². The molecular formula is C34H42N4O5. The van der Waals surface area contributed by atoms with E-state index in [-0.39, 0.29) is 17.6 Å². The predicted molar refractivity (Wildman–Crippen MR) is 169 cm³/mol. The Labute approximate surface area is 253 Å². The molecule has 0 saturated carbocycles. The Hall–Kier alpha value is -4.37. The highest BCUT2D eigenvalue weighted by Crippen LogP contribution is 2.28. The molecule has 1 aliphatic rings. The van der Waals surface area contributed by atoms with Crippen LogP contribution in [0.2, 0.25) is 0 Å². The van der Waals surface area contributed by atoms with Gasteiger partial charge >= 0.3 is 12.1 Å². The van der Waals surface area contributed by atoms with Crippen LogP contribution in [-0.4, -0.2) is 78.8 Å². The molecule has 1 aliphatic heterocycles. The van der Waals surface area contributed by atoms with E-state index in [9.17, 15) is 14.4 Å². The minimum atomic E-state index is -0.931. The number of anilines is 2. The summed E-state index contributed by atoms with van der Waals surface area (Å²) in [4.78, 5) is 40.3. The maximum absolute atomic E-state index is 12.7. The van der Waals surface area contributed by atoms with Gasteiger partial charge in [0, 0.05) is 57.4 Å². The molecule has 1 heterocycles. The van der Waals surface area contributed by atoms with E-state index in [0.29, 0.717) is 13.0 Å². The number of nitrogens with one attached hydrogen (secondary N) is 2. The second-order valence-corrected chi connectivity index (χ2v) is 10.9. The van der Waals surface area contributed by atoms with E-state index in [1.165, 1.54) is 0 Å². The molecule has 0 spiro atoms. The predicted octanol–water partition coefficient (Wildman–Crippen LogP) is 6.20. The van der Waals surface area contributed by atoms with Crippen LogP contribution < -0.4 is 10.6 Å². The number of carboxylic acids is 1. The van der Waals surface area contributed by atoms with E-state index in [1.54, 1.807) is 24.3 Å². The summed E-state index contributed by atoms with van der Waals surface area (Å²) < 4.78 is 5.74. The minimum Gasteiger partial charge on any atom is -0.478 e. The maximum Gasteiger partial charge on any atom is 0.411 e. The van der Waals surface area contributed by atoms with Gasteiger partial charge < -0.3 is 25.0 Å². The molecule has 9 nitrogen and oxygen atoms in total. The molecule has 3 N–H and O–H groups in total. The Morgan fingerprint density at radius 1 is 0.907 bits per heavy atom. The van der Waals surface area contributed by atoms with Crippen LogP contribution in [-0.2, 0) is 9.53 Å². The van der Waals surface area contributed by atoms with E-state index in [0.717, 1.165) is 80.8 Å². The van der Waals surface area contributed by atoms with E-state index < -0.39 is 12.1 Å². The molecule has 0 atom stereocenters. The first-order chi connectivity index (χ1) is 20.9.